The minimum Gasteiger partial charge on any atom is -0.310 e. The lowest BCUT2D eigenvalue weighted by Gasteiger charge is -2.29. The van der Waals surface area contributed by atoms with Gasteiger partial charge in [0.05, 0.1) is 0 Å². The molecule has 642 valence electrons. The van der Waals surface area contributed by atoms with Gasteiger partial charge in [-0.05, 0) is 288 Å². The predicted octanol–water partition coefficient (Wildman–Crippen LogP) is 29.0. The fourth-order valence-corrected chi connectivity index (χ4v) is 25.2. The molecule has 0 saturated carbocycles. The van der Waals surface area contributed by atoms with Crippen molar-refractivity contribution in [3.8, 4) is 100 Å². The highest BCUT2D eigenvalue weighted by Crippen LogP contribution is 2.50. The molecule has 21 aromatic rings. The van der Waals surface area contributed by atoms with E-state index >= 15 is 0 Å². The lowest BCUT2D eigenvalue weighted by Crippen LogP contribution is -2.52. The molecule has 0 radical (unpaired) electrons. The first kappa shape index (κ1) is 83.1. The van der Waals surface area contributed by atoms with Gasteiger partial charge in [0.1, 0.15) is 0 Å². The zero-order valence-corrected chi connectivity index (χ0v) is 78.1. The molecular weight excluding hydrogens is 1710 g/mol. The third-order valence-corrected chi connectivity index (χ3v) is 31.3. The summed E-state index contributed by atoms with van der Waals surface area (Å²) in [5.41, 5.74) is 48.8. The van der Waals surface area contributed by atoms with Crippen LogP contribution in [-0.2, 0) is 0 Å². The summed E-state index contributed by atoms with van der Waals surface area (Å²) in [7, 11) is 0. The highest BCUT2D eigenvalue weighted by molar-refractivity contribution is 8.00. The minimum absolute atomic E-state index is 0.160. The average molecular weight is 1800 g/mol. The smallest absolute Gasteiger partial charge is 0.245 e. The van der Waals surface area contributed by atoms with E-state index in [1.165, 1.54) is 195 Å². The molecule has 3 nitrogen and oxygen atoms in total. The summed E-state index contributed by atoms with van der Waals surface area (Å²) in [6, 6.07) is 182. The van der Waals surface area contributed by atoms with Crippen LogP contribution in [0.4, 0.5) is 51.2 Å². The second kappa shape index (κ2) is 35.6. The van der Waals surface area contributed by atoms with E-state index < -0.39 is 0 Å². The first-order valence-electron chi connectivity index (χ1n) is 47.2. The quantitative estimate of drug-likeness (QED) is 0.0940. The molecule has 0 aliphatic carbocycles. The van der Waals surface area contributed by atoms with Gasteiger partial charge >= 0.3 is 0 Å². The van der Waals surface area contributed by atoms with E-state index in [1.807, 2.05) is 35.3 Å². The number of hydrogen-bond donors (Lipinski definition) is 0. The van der Waals surface area contributed by atoms with E-state index in [1.54, 1.807) is 0 Å². The Labute approximate surface area is 815 Å². The highest BCUT2D eigenvalue weighted by atomic mass is 32.2. The van der Waals surface area contributed by atoms with Gasteiger partial charge < -0.3 is 14.7 Å². The summed E-state index contributed by atoms with van der Waals surface area (Å²) >= 11 is 5.76. The van der Waals surface area contributed by atoms with Crippen LogP contribution in [0.25, 0.3) is 100 Å². The molecule has 0 N–H and O–H groups in total. The van der Waals surface area contributed by atoms with E-state index in [0.29, 0.717) is 0 Å². The Kier molecular flexibility index (Phi) is 21.6. The molecule has 6 aliphatic heterocycles. The molecule has 6 aliphatic rings. The molecule has 0 spiro atoms. The second-order valence-electron chi connectivity index (χ2n) is 36.2. The van der Waals surface area contributed by atoms with Gasteiger partial charge in [0, 0.05) is 80.6 Å². The predicted molar refractivity (Wildman–Crippen MR) is 587 cm³/mol. The van der Waals surface area contributed by atoms with Crippen LogP contribution in [0.2, 0.25) is 0 Å². The molecule has 0 amide bonds. The number of rotatable bonds is 15. The first-order valence-corrected chi connectivity index (χ1v) is 49.7. The Morgan fingerprint density at radius 2 is 0.358 bits per heavy atom. The van der Waals surface area contributed by atoms with Crippen molar-refractivity contribution >= 4 is 156 Å². The molecule has 6 heterocycles. The van der Waals surface area contributed by atoms with E-state index in [0.717, 1.165) is 45.5 Å². The molecular formula is C128H88B3N3S3. The maximum atomic E-state index is 2.43. The summed E-state index contributed by atoms with van der Waals surface area (Å²) in [5.74, 6) is 0. The van der Waals surface area contributed by atoms with E-state index in [9.17, 15) is 0 Å². The molecule has 0 saturated heterocycles. The Morgan fingerprint density at radius 3 is 0.701 bits per heavy atom. The van der Waals surface area contributed by atoms with Gasteiger partial charge in [-0.1, -0.05) is 419 Å². The number of aryl methyl sites for hydroxylation is 2. The molecule has 0 unspecified atom stereocenters. The molecule has 0 atom stereocenters. The van der Waals surface area contributed by atoms with Crippen molar-refractivity contribution in [1.29, 1.82) is 0 Å². The topological polar surface area (TPSA) is 9.72 Å². The van der Waals surface area contributed by atoms with Crippen LogP contribution >= 0.6 is 35.3 Å². The van der Waals surface area contributed by atoms with Crippen LogP contribution < -0.4 is 63.9 Å². The molecule has 0 aromatic heterocycles. The minimum atomic E-state index is 0.160. The molecule has 27 rings (SSSR count). The van der Waals surface area contributed by atoms with Crippen LogP contribution in [0.1, 0.15) is 11.1 Å². The fraction of sp³-hybridized carbons (Fsp3) is 0.0156. The summed E-state index contributed by atoms with van der Waals surface area (Å²) in [5, 5.41) is 0. The van der Waals surface area contributed by atoms with E-state index in [2.05, 4.69) is 526 Å². The van der Waals surface area contributed by atoms with Crippen molar-refractivity contribution in [3.63, 3.8) is 0 Å². The van der Waals surface area contributed by atoms with Gasteiger partial charge in [-0.15, -0.1) is 0 Å². The third-order valence-electron chi connectivity index (χ3n) is 27.9. The molecule has 137 heavy (non-hydrogen) atoms. The maximum Gasteiger partial charge on any atom is 0.245 e. The van der Waals surface area contributed by atoms with Crippen LogP contribution in [0.3, 0.4) is 0 Å². The van der Waals surface area contributed by atoms with Crippen molar-refractivity contribution in [2.24, 2.45) is 0 Å². The SMILES string of the molecule is Cc1ccc(-c2ccc3c(c2)Sc2cc(-c4ccccc4)cc4c2B3c2ccc(-c3ccc(C)cc3)cc2-4)cc1.c1ccc(-c2cc3c4c(c2)-c2cc(N(c5ccccc5)c5ccccc5)ccc2B4c2ccc(N(c4ccccc4)c4ccccc4)cc2S3)cc1.c1ccc(-c2ccc3c(c2)Sc2cc(N(c4ccccc4)c4ccccc4)cc4c2B3c2ccc(-c3ccccc3)cc2-4)cc1. The van der Waals surface area contributed by atoms with Gasteiger partial charge in [-0.3, -0.25) is 0 Å². The number of fused-ring (bicyclic) bond motifs is 15. The van der Waals surface area contributed by atoms with Gasteiger partial charge in [0.15, 0.2) is 0 Å². The second-order valence-corrected chi connectivity index (χ2v) is 39.5. The molecule has 0 bridgehead atoms. The zero-order chi connectivity index (χ0) is 91.0. The van der Waals surface area contributed by atoms with Crippen LogP contribution in [0.5, 0.6) is 0 Å². The maximum absolute atomic E-state index is 2.43. The van der Waals surface area contributed by atoms with Gasteiger partial charge in [-0.25, -0.2) is 0 Å². The van der Waals surface area contributed by atoms with Gasteiger partial charge in [0.2, 0.25) is 20.1 Å². The Bertz CT molecular complexity index is 8050. The standard InChI is InChI=1S/C48H33BN2S.C42H28BNS.C38H27BS/c1-6-16-34(17-7-1)35-30-43-42-32-40(50(36-18-8-2-9-19-36)37-20-10-3-11-21-37)26-28-44(42)49-45-29-27-41(33-46(45)52-47(31-35)48(43)49)51(38-22-12-4-13-23-38)39-24-14-5-15-25-39;1-5-13-29(14-6-1)31-21-23-38-36(25-31)37-27-35(44(33-17-9-3-10-18-33)34-19-11-4-12-20-34)28-41-42(37)43(38)39-24-22-32(26-40(39)45-41)30-15-7-2-8-16-30;1-24-8-12-27(13-9-24)29-16-18-34-32(20-29)33-21-31(26-6-4-3-5-7-26)23-37-38(33)39(34)35-19-17-30(22-36(35)40-37)28-14-10-25(2)11-15-28/h1-33H;1-28H;3-23H,1-2H3. The number of nitrogens with zero attached hydrogens (tertiary/aromatic N) is 3. The third kappa shape index (κ3) is 15.4. The molecule has 9 heteroatoms. The van der Waals surface area contributed by atoms with Crippen LogP contribution in [-0.4, -0.2) is 20.1 Å². The average Bonchev–Trinajstić information content (AvgIpc) is 1.56. The van der Waals surface area contributed by atoms with E-state index in [-0.39, 0.29) is 20.1 Å². The lowest BCUT2D eigenvalue weighted by atomic mass is 9.38. The molecule has 21 aromatic carbocycles. The zero-order valence-electron chi connectivity index (χ0n) is 75.6. The summed E-state index contributed by atoms with van der Waals surface area (Å²) < 4.78 is 0. The largest absolute Gasteiger partial charge is 0.310 e. The lowest BCUT2D eigenvalue weighted by molar-refractivity contribution is 1.27. The first-order chi connectivity index (χ1) is 67.7. The van der Waals surface area contributed by atoms with E-state index in [4.69, 9.17) is 0 Å². The van der Waals surface area contributed by atoms with Crippen molar-refractivity contribution in [3.05, 3.63) is 509 Å². The number of benzene rings is 21. The van der Waals surface area contributed by atoms with Gasteiger partial charge in [0.25, 0.3) is 0 Å². The normalized spacial score (nSPS) is 12.3. The Morgan fingerprint density at radius 1 is 0.146 bits per heavy atom. The summed E-state index contributed by atoms with van der Waals surface area (Å²) in [6.07, 6.45) is 0. The molecule has 0 fully saturated rings. The summed E-state index contributed by atoms with van der Waals surface area (Å²) in [6.45, 7) is 4.93. The number of anilines is 9. The summed E-state index contributed by atoms with van der Waals surface area (Å²) in [4.78, 5) is 15.2. The highest BCUT2D eigenvalue weighted by Gasteiger charge is 2.45. The Balaban J connectivity index is 0.000000110. The fourth-order valence-electron chi connectivity index (χ4n) is 21.4. The van der Waals surface area contributed by atoms with Crippen molar-refractivity contribution in [2.75, 3.05) is 14.7 Å². The van der Waals surface area contributed by atoms with Gasteiger partial charge in [-0.2, -0.15) is 0 Å². The van der Waals surface area contributed by atoms with Crippen LogP contribution in [0, 0.1) is 13.8 Å². The van der Waals surface area contributed by atoms with Crippen LogP contribution in [0.15, 0.2) is 527 Å². The van der Waals surface area contributed by atoms with Crippen molar-refractivity contribution < 1.29 is 0 Å². The van der Waals surface area contributed by atoms with Crippen molar-refractivity contribution in [1.82, 2.24) is 0 Å². The number of hydrogen-bond acceptors (Lipinski definition) is 6. The monoisotopic (exact) mass is 1800 g/mol. The number of para-hydroxylation sites is 6. The van der Waals surface area contributed by atoms with Crippen molar-refractivity contribution in [2.45, 2.75) is 43.2 Å². The Hall–Kier alpha value is -15.7.